The highest BCUT2D eigenvalue weighted by Gasteiger charge is 2.31. The van der Waals surface area contributed by atoms with E-state index in [-0.39, 0.29) is 11.4 Å². The van der Waals surface area contributed by atoms with Gasteiger partial charge in [0.05, 0.1) is 17.9 Å². The van der Waals surface area contributed by atoms with Crippen molar-refractivity contribution in [2.24, 2.45) is 0 Å². The first-order valence-electron chi connectivity index (χ1n) is 9.24. The minimum absolute atomic E-state index is 0.0989. The van der Waals surface area contributed by atoms with Gasteiger partial charge in [0.25, 0.3) is 5.56 Å². The number of amides is 2. The summed E-state index contributed by atoms with van der Waals surface area (Å²) in [7, 11) is 0. The van der Waals surface area contributed by atoms with Crippen molar-refractivity contribution in [1.29, 1.82) is 0 Å². The molecule has 32 heavy (non-hydrogen) atoms. The fourth-order valence-corrected chi connectivity index (χ4v) is 2.59. The van der Waals surface area contributed by atoms with Crippen molar-refractivity contribution in [3.8, 4) is 17.2 Å². The summed E-state index contributed by atoms with van der Waals surface area (Å²) in [5.41, 5.74) is -1.83. The first-order valence-corrected chi connectivity index (χ1v) is 9.24. The molecule has 0 aliphatic rings. The van der Waals surface area contributed by atoms with Gasteiger partial charge < -0.3 is 25.1 Å². The number of halogens is 4. The maximum absolute atomic E-state index is 13.8. The van der Waals surface area contributed by atoms with E-state index in [0.717, 1.165) is 0 Å². The molecule has 2 aromatic carbocycles. The monoisotopic (exact) mass is 451 g/mol. The maximum Gasteiger partial charge on any atom is 0.416 e. The van der Waals surface area contributed by atoms with Crippen LogP contribution in [-0.4, -0.2) is 17.6 Å². The third kappa shape index (κ3) is 5.78. The zero-order valence-electron chi connectivity index (χ0n) is 16.5. The average Bonchev–Trinajstić information content (AvgIpc) is 2.73. The van der Waals surface area contributed by atoms with Crippen molar-refractivity contribution >= 4 is 17.4 Å². The molecular weight excluding hydrogens is 434 g/mol. The second-order valence-corrected chi connectivity index (χ2v) is 6.36. The van der Waals surface area contributed by atoms with Gasteiger partial charge in [-0.1, -0.05) is 0 Å². The maximum atomic E-state index is 13.8. The highest BCUT2D eigenvalue weighted by molar-refractivity contribution is 5.99. The van der Waals surface area contributed by atoms with Gasteiger partial charge in [0.1, 0.15) is 17.3 Å². The summed E-state index contributed by atoms with van der Waals surface area (Å²) in [6.45, 7) is 2.04. The fourth-order valence-electron chi connectivity index (χ4n) is 2.59. The molecule has 0 aliphatic heterocycles. The summed E-state index contributed by atoms with van der Waals surface area (Å²) in [5, 5.41) is 4.42. The van der Waals surface area contributed by atoms with Gasteiger partial charge in [0.15, 0.2) is 5.75 Å². The second-order valence-electron chi connectivity index (χ2n) is 6.36. The van der Waals surface area contributed by atoms with Crippen LogP contribution in [0.3, 0.4) is 0 Å². The van der Waals surface area contributed by atoms with Crippen LogP contribution in [0.4, 0.5) is 33.7 Å². The number of urea groups is 1. The Hall–Kier alpha value is -4.02. The van der Waals surface area contributed by atoms with E-state index in [0.29, 0.717) is 36.3 Å². The van der Waals surface area contributed by atoms with Gasteiger partial charge >= 0.3 is 12.2 Å². The quantitative estimate of drug-likeness (QED) is 0.440. The molecule has 0 saturated carbocycles. The Morgan fingerprint density at radius 3 is 2.41 bits per heavy atom. The number of carbonyl (C=O) groups is 1. The first-order chi connectivity index (χ1) is 15.2. The SMILES string of the molecule is CCOc1cc(Oc2ccc(NC(=O)Nc3cc(C(F)(F)F)ccc3F)cc2)c[nH]c1=O. The number of aromatic amines is 1. The molecule has 3 N–H and O–H groups in total. The molecule has 0 radical (unpaired) electrons. The van der Waals surface area contributed by atoms with Crippen LogP contribution >= 0.6 is 0 Å². The lowest BCUT2D eigenvalue weighted by molar-refractivity contribution is -0.137. The van der Waals surface area contributed by atoms with Crippen LogP contribution in [0.15, 0.2) is 59.5 Å². The zero-order chi connectivity index (χ0) is 23.3. The molecule has 3 rings (SSSR count). The Morgan fingerprint density at radius 2 is 1.75 bits per heavy atom. The number of pyridine rings is 1. The molecule has 3 aromatic rings. The topological polar surface area (TPSA) is 92.4 Å². The molecule has 168 valence electrons. The Balaban J connectivity index is 1.64. The van der Waals surface area contributed by atoms with Crippen LogP contribution in [0.25, 0.3) is 0 Å². The summed E-state index contributed by atoms with van der Waals surface area (Å²) >= 11 is 0. The number of alkyl halides is 3. The predicted molar refractivity (Wildman–Crippen MR) is 109 cm³/mol. The molecule has 0 bridgehead atoms. The van der Waals surface area contributed by atoms with Gasteiger partial charge in [0, 0.05) is 18.0 Å². The summed E-state index contributed by atoms with van der Waals surface area (Å²) in [6, 6.07) is 8.14. The van der Waals surface area contributed by atoms with Crippen LogP contribution in [-0.2, 0) is 6.18 Å². The molecule has 0 saturated heterocycles. The van der Waals surface area contributed by atoms with E-state index >= 15 is 0 Å². The van der Waals surface area contributed by atoms with Gasteiger partial charge in [-0.3, -0.25) is 4.79 Å². The molecule has 0 fully saturated rings. The van der Waals surface area contributed by atoms with Gasteiger partial charge in [0.2, 0.25) is 0 Å². The number of nitrogens with one attached hydrogen (secondary N) is 3. The summed E-state index contributed by atoms with van der Waals surface area (Å²) in [4.78, 5) is 26.2. The van der Waals surface area contributed by atoms with E-state index in [1.165, 1.54) is 36.5 Å². The smallest absolute Gasteiger partial charge is 0.416 e. The standard InChI is InChI=1S/C21H17F4N3O4/c1-2-31-18-10-15(11-26-19(18)29)32-14-6-4-13(5-7-14)27-20(30)28-17-9-12(21(23,24)25)3-8-16(17)22/h3-11H,2H2,1H3,(H,26,29)(H2,27,28,30). The van der Waals surface area contributed by atoms with Crippen LogP contribution in [0.2, 0.25) is 0 Å². The number of H-pyrrole nitrogens is 1. The minimum atomic E-state index is -4.67. The van der Waals surface area contributed by atoms with Crippen molar-refractivity contribution in [1.82, 2.24) is 4.98 Å². The Kier molecular flexibility index (Phi) is 6.67. The highest BCUT2D eigenvalue weighted by atomic mass is 19.4. The number of anilines is 2. The summed E-state index contributed by atoms with van der Waals surface area (Å²) in [5.74, 6) is -0.230. The van der Waals surface area contributed by atoms with E-state index < -0.39 is 34.8 Å². The van der Waals surface area contributed by atoms with Crippen molar-refractivity contribution in [3.63, 3.8) is 0 Å². The number of ether oxygens (including phenoxy) is 2. The molecule has 1 heterocycles. The van der Waals surface area contributed by atoms with Gasteiger partial charge in [-0.25, -0.2) is 9.18 Å². The van der Waals surface area contributed by atoms with E-state index in [1.54, 1.807) is 6.92 Å². The van der Waals surface area contributed by atoms with Gasteiger partial charge in [-0.15, -0.1) is 0 Å². The highest BCUT2D eigenvalue weighted by Crippen LogP contribution is 2.32. The van der Waals surface area contributed by atoms with E-state index in [9.17, 15) is 27.2 Å². The van der Waals surface area contributed by atoms with Gasteiger partial charge in [-0.05, 0) is 49.4 Å². The Labute approximate surface area is 179 Å². The van der Waals surface area contributed by atoms with Crippen LogP contribution in [0.1, 0.15) is 12.5 Å². The summed E-state index contributed by atoms with van der Waals surface area (Å²) < 4.78 is 62.9. The largest absolute Gasteiger partial charge is 0.488 e. The fraction of sp³-hybridized carbons (Fsp3) is 0.143. The van der Waals surface area contributed by atoms with E-state index in [2.05, 4.69) is 10.3 Å². The predicted octanol–water partition coefficient (Wildman–Crippen LogP) is 5.37. The van der Waals surface area contributed by atoms with Crippen LogP contribution < -0.4 is 25.7 Å². The normalized spacial score (nSPS) is 11.0. The summed E-state index contributed by atoms with van der Waals surface area (Å²) in [6.07, 6.45) is -3.32. The number of aromatic nitrogens is 1. The van der Waals surface area contributed by atoms with Crippen molar-refractivity contribution < 1.29 is 31.8 Å². The van der Waals surface area contributed by atoms with Crippen LogP contribution in [0, 0.1) is 5.82 Å². The molecule has 11 heteroatoms. The van der Waals surface area contributed by atoms with Crippen molar-refractivity contribution in [3.05, 3.63) is 76.5 Å². The third-order valence-corrected chi connectivity index (χ3v) is 4.03. The molecule has 7 nitrogen and oxygen atoms in total. The Bertz CT molecular complexity index is 1160. The third-order valence-electron chi connectivity index (χ3n) is 4.03. The number of benzene rings is 2. The number of hydrogen-bond acceptors (Lipinski definition) is 4. The number of rotatable bonds is 6. The molecular formula is C21H17F4N3O4. The number of hydrogen-bond donors (Lipinski definition) is 3. The van der Waals surface area contributed by atoms with E-state index in [4.69, 9.17) is 9.47 Å². The molecule has 0 spiro atoms. The lowest BCUT2D eigenvalue weighted by atomic mass is 10.2. The van der Waals surface area contributed by atoms with Gasteiger partial charge in [-0.2, -0.15) is 13.2 Å². The van der Waals surface area contributed by atoms with E-state index in [1.807, 2.05) is 5.32 Å². The molecule has 0 unspecified atom stereocenters. The lowest BCUT2D eigenvalue weighted by Gasteiger charge is -2.12. The van der Waals surface area contributed by atoms with Crippen molar-refractivity contribution in [2.75, 3.05) is 17.2 Å². The minimum Gasteiger partial charge on any atom is -0.488 e. The van der Waals surface area contributed by atoms with Crippen molar-refractivity contribution in [2.45, 2.75) is 13.1 Å². The molecule has 0 aliphatic carbocycles. The average molecular weight is 451 g/mol. The molecule has 1 aromatic heterocycles. The molecule has 0 atom stereocenters. The lowest BCUT2D eigenvalue weighted by Crippen LogP contribution is -2.20. The second kappa shape index (κ2) is 9.41. The Morgan fingerprint density at radius 1 is 1.03 bits per heavy atom. The zero-order valence-corrected chi connectivity index (χ0v) is 16.5. The van der Waals surface area contributed by atoms with Crippen LogP contribution in [0.5, 0.6) is 17.2 Å². The first kappa shape index (κ1) is 22.7. The number of carbonyl (C=O) groups excluding carboxylic acids is 1. The molecule has 2 amide bonds.